The van der Waals surface area contributed by atoms with Crippen molar-refractivity contribution in [3.8, 4) is 0 Å². The molecular formula is C15H24N4S. The molecule has 110 valence electrons. The Kier molecular flexibility index (Phi) is 5.88. The van der Waals surface area contributed by atoms with Crippen LogP contribution in [0.3, 0.4) is 0 Å². The second kappa shape index (κ2) is 7.67. The summed E-state index contributed by atoms with van der Waals surface area (Å²) < 4.78 is 0. The van der Waals surface area contributed by atoms with Gasteiger partial charge in [0.2, 0.25) is 0 Å². The van der Waals surface area contributed by atoms with Crippen LogP contribution < -0.4 is 5.73 Å². The van der Waals surface area contributed by atoms with Crippen LogP contribution in [-0.2, 0) is 6.42 Å². The summed E-state index contributed by atoms with van der Waals surface area (Å²) in [5.41, 5.74) is 6.99. The highest BCUT2D eigenvalue weighted by Gasteiger charge is 2.24. The molecule has 1 atom stereocenters. The van der Waals surface area contributed by atoms with Crippen LogP contribution in [0.15, 0.2) is 24.4 Å². The molecule has 0 aliphatic carbocycles. The molecular weight excluding hydrogens is 268 g/mol. The summed E-state index contributed by atoms with van der Waals surface area (Å²) >= 11 is 5.16. The first kappa shape index (κ1) is 15.4. The Balaban J connectivity index is 1.75. The Labute approximate surface area is 127 Å². The number of nitrogens with zero attached hydrogens (tertiary/aromatic N) is 3. The molecule has 0 radical (unpaired) electrons. The number of hydrogen-bond acceptors (Lipinski definition) is 4. The Morgan fingerprint density at radius 2 is 2.10 bits per heavy atom. The van der Waals surface area contributed by atoms with Gasteiger partial charge in [-0.05, 0) is 18.6 Å². The SMILES string of the molecule is CCC(C(N)=S)N1CCN(CCc2ccccn2)CC1. The van der Waals surface area contributed by atoms with Crippen molar-refractivity contribution in [1.29, 1.82) is 0 Å². The molecule has 1 saturated heterocycles. The number of nitrogens with two attached hydrogens (primary N) is 1. The van der Waals surface area contributed by atoms with E-state index in [2.05, 4.69) is 27.8 Å². The summed E-state index contributed by atoms with van der Waals surface area (Å²) in [4.78, 5) is 9.92. The summed E-state index contributed by atoms with van der Waals surface area (Å²) in [6.45, 7) is 7.51. The Morgan fingerprint density at radius 1 is 1.35 bits per heavy atom. The van der Waals surface area contributed by atoms with E-state index < -0.39 is 0 Å². The second-order valence-corrected chi connectivity index (χ2v) is 5.75. The topological polar surface area (TPSA) is 45.4 Å². The minimum absolute atomic E-state index is 0.267. The maximum Gasteiger partial charge on any atom is 0.0901 e. The first-order valence-electron chi connectivity index (χ1n) is 7.36. The van der Waals surface area contributed by atoms with Crippen molar-refractivity contribution in [3.63, 3.8) is 0 Å². The molecule has 0 amide bonds. The maximum absolute atomic E-state index is 5.82. The molecule has 2 rings (SSSR count). The molecule has 1 aromatic heterocycles. The molecule has 4 nitrogen and oxygen atoms in total. The van der Waals surface area contributed by atoms with Crippen LogP contribution in [0, 0.1) is 0 Å². The van der Waals surface area contributed by atoms with E-state index in [1.807, 2.05) is 18.3 Å². The van der Waals surface area contributed by atoms with E-state index in [9.17, 15) is 0 Å². The largest absolute Gasteiger partial charge is 0.392 e. The van der Waals surface area contributed by atoms with Crippen LogP contribution in [-0.4, -0.2) is 58.5 Å². The number of piperazine rings is 1. The molecule has 1 aliphatic rings. The van der Waals surface area contributed by atoms with E-state index >= 15 is 0 Å². The van der Waals surface area contributed by atoms with Gasteiger partial charge in [-0.15, -0.1) is 0 Å². The molecule has 20 heavy (non-hydrogen) atoms. The summed E-state index contributed by atoms with van der Waals surface area (Å²) in [5.74, 6) is 0. The first-order chi connectivity index (χ1) is 9.70. The fourth-order valence-electron chi connectivity index (χ4n) is 2.76. The van der Waals surface area contributed by atoms with E-state index in [4.69, 9.17) is 18.0 Å². The van der Waals surface area contributed by atoms with Gasteiger partial charge in [-0.2, -0.15) is 0 Å². The molecule has 1 aromatic rings. The highest BCUT2D eigenvalue weighted by Crippen LogP contribution is 2.10. The van der Waals surface area contributed by atoms with E-state index in [0.717, 1.165) is 45.6 Å². The molecule has 0 bridgehead atoms. The molecule has 1 unspecified atom stereocenters. The average Bonchev–Trinajstić information content (AvgIpc) is 2.48. The number of aromatic nitrogens is 1. The van der Waals surface area contributed by atoms with E-state index in [0.29, 0.717) is 4.99 Å². The predicted molar refractivity (Wildman–Crippen MR) is 86.8 cm³/mol. The highest BCUT2D eigenvalue weighted by atomic mass is 32.1. The fraction of sp³-hybridized carbons (Fsp3) is 0.600. The standard InChI is InChI=1S/C15H24N4S/c1-2-14(15(16)20)19-11-9-18(10-12-19)8-6-13-5-3-4-7-17-13/h3-5,7,14H,2,6,8-12H2,1H3,(H2,16,20). The highest BCUT2D eigenvalue weighted by molar-refractivity contribution is 7.80. The lowest BCUT2D eigenvalue weighted by molar-refractivity contribution is 0.117. The van der Waals surface area contributed by atoms with Crippen molar-refractivity contribution in [3.05, 3.63) is 30.1 Å². The van der Waals surface area contributed by atoms with Crippen LogP contribution in [0.1, 0.15) is 19.0 Å². The summed E-state index contributed by atoms with van der Waals surface area (Å²) in [6.07, 6.45) is 3.89. The third-order valence-electron chi connectivity index (χ3n) is 3.97. The van der Waals surface area contributed by atoms with Gasteiger partial charge in [0.25, 0.3) is 0 Å². The predicted octanol–water partition coefficient (Wildman–Crippen LogP) is 1.31. The van der Waals surface area contributed by atoms with Gasteiger partial charge in [-0.25, -0.2) is 0 Å². The monoisotopic (exact) mass is 292 g/mol. The van der Waals surface area contributed by atoms with Gasteiger partial charge in [-0.1, -0.05) is 25.2 Å². The van der Waals surface area contributed by atoms with Gasteiger partial charge in [0.1, 0.15) is 0 Å². The van der Waals surface area contributed by atoms with Crippen molar-refractivity contribution in [2.75, 3.05) is 32.7 Å². The molecule has 0 aromatic carbocycles. The Hall–Kier alpha value is -1.04. The van der Waals surface area contributed by atoms with E-state index in [-0.39, 0.29) is 6.04 Å². The van der Waals surface area contributed by atoms with E-state index in [1.165, 1.54) is 5.69 Å². The average molecular weight is 292 g/mol. The van der Waals surface area contributed by atoms with Crippen molar-refractivity contribution in [2.24, 2.45) is 5.73 Å². The van der Waals surface area contributed by atoms with Crippen LogP contribution >= 0.6 is 12.2 Å². The van der Waals surface area contributed by atoms with Gasteiger partial charge in [0, 0.05) is 51.0 Å². The zero-order chi connectivity index (χ0) is 14.4. The third kappa shape index (κ3) is 4.23. The smallest absolute Gasteiger partial charge is 0.0901 e. The van der Waals surface area contributed by atoms with Gasteiger partial charge < -0.3 is 10.6 Å². The van der Waals surface area contributed by atoms with Crippen LogP contribution in [0.2, 0.25) is 0 Å². The molecule has 0 spiro atoms. The van der Waals surface area contributed by atoms with Crippen molar-refractivity contribution >= 4 is 17.2 Å². The Morgan fingerprint density at radius 3 is 2.65 bits per heavy atom. The van der Waals surface area contributed by atoms with Crippen LogP contribution in [0.25, 0.3) is 0 Å². The fourth-order valence-corrected chi connectivity index (χ4v) is 3.07. The lowest BCUT2D eigenvalue weighted by Crippen LogP contribution is -2.53. The molecule has 5 heteroatoms. The molecule has 2 N–H and O–H groups in total. The zero-order valence-electron chi connectivity index (χ0n) is 12.2. The molecule has 0 saturated carbocycles. The summed E-state index contributed by atoms with van der Waals surface area (Å²) in [6, 6.07) is 6.37. The zero-order valence-corrected chi connectivity index (χ0v) is 13.0. The molecule has 1 fully saturated rings. The molecule has 2 heterocycles. The van der Waals surface area contributed by atoms with Crippen molar-refractivity contribution < 1.29 is 0 Å². The van der Waals surface area contributed by atoms with Gasteiger partial charge in [-0.3, -0.25) is 9.88 Å². The Bertz CT molecular complexity index is 415. The first-order valence-corrected chi connectivity index (χ1v) is 7.77. The van der Waals surface area contributed by atoms with Crippen molar-refractivity contribution in [2.45, 2.75) is 25.8 Å². The van der Waals surface area contributed by atoms with Crippen LogP contribution in [0.5, 0.6) is 0 Å². The minimum atomic E-state index is 0.267. The second-order valence-electron chi connectivity index (χ2n) is 5.28. The van der Waals surface area contributed by atoms with E-state index in [1.54, 1.807) is 0 Å². The normalized spacial score (nSPS) is 18.9. The van der Waals surface area contributed by atoms with Gasteiger partial charge in [0.05, 0.1) is 11.0 Å². The maximum atomic E-state index is 5.82. The van der Waals surface area contributed by atoms with Gasteiger partial charge >= 0.3 is 0 Å². The summed E-state index contributed by atoms with van der Waals surface area (Å²) in [7, 11) is 0. The van der Waals surface area contributed by atoms with Crippen molar-refractivity contribution in [1.82, 2.24) is 14.8 Å². The number of rotatable bonds is 6. The molecule has 1 aliphatic heterocycles. The van der Waals surface area contributed by atoms with Gasteiger partial charge in [0.15, 0.2) is 0 Å². The number of hydrogen-bond donors (Lipinski definition) is 1. The number of thiocarbonyl (C=S) groups is 1. The summed E-state index contributed by atoms with van der Waals surface area (Å²) in [5, 5.41) is 0. The lowest BCUT2D eigenvalue weighted by Gasteiger charge is -2.38. The minimum Gasteiger partial charge on any atom is -0.392 e. The lowest BCUT2D eigenvalue weighted by atomic mass is 10.1. The van der Waals surface area contributed by atoms with Crippen LogP contribution in [0.4, 0.5) is 0 Å². The quantitative estimate of drug-likeness (QED) is 0.801. The third-order valence-corrected chi connectivity index (χ3v) is 4.25. The number of pyridine rings is 1.